The molecule has 80 valence electrons. The van der Waals surface area contributed by atoms with Crippen LogP contribution in [-0.2, 0) is 3.83 Å². The van der Waals surface area contributed by atoms with E-state index in [9.17, 15) is 8.02 Å². The molecule has 1 fully saturated rings. The van der Waals surface area contributed by atoms with Gasteiger partial charge >= 0.3 is 88.9 Å². The first kappa shape index (κ1) is 10.5. The number of rotatable bonds is 1. The summed E-state index contributed by atoms with van der Waals surface area (Å²) >= 11 is -2.75. The van der Waals surface area contributed by atoms with E-state index in [1.807, 2.05) is 7.05 Å². The van der Waals surface area contributed by atoms with Gasteiger partial charge in [0.25, 0.3) is 0 Å². The first-order valence-electron chi connectivity index (χ1n) is 5.03. The molecule has 1 heterocycles. The molecule has 0 aromatic rings. The zero-order chi connectivity index (χ0) is 10.7. The van der Waals surface area contributed by atoms with Crippen LogP contribution in [0.1, 0.15) is 33.6 Å². The molecule has 0 amide bonds. The Bertz CT molecular complexity index is 348. The van der Waals surface area contributed by atoms with Crippen molar-refractivity contribution >= 4 is 18.8 Å². The minimum absolute atomic E-state index is 0.0480. The van der Waals surface area contributed by atoms with Crippen molar-refractivity contribution in [1.82, 2.24) is 0 Å². The first-order valence-corrected chi connectivity index (χ1v) is 7.35. The molecule has 0 spiro atoms. The Hall–Kier alpha value is -0.0505. The van der Waals surface area contributed by atoms with Crippen LogP contribution in [0.3, 0.4) is 0 Å². The van der Waals surface area contributed by atoms with Gasteiger partial charge in [0.15, 0.2) is 0 Å². The molecular formula is C10H18NO2Se+. The molecular weight excluding hydrogens is 245 g/mol. The van der Waals surface area contributed by atoms with Crippen LogP contribution >= 0.6 is 0 Å². The van der Waals surface area contributed by atoms with Crippen LogP contribution in [0.5, 0.6) is 0 Å². The van der Waals surface area contributed by atoms with E-state index >= 15 is 0 Å². The number of hydrogen-bond donors (Lipinski definition) is 1. The second-order valence-electron chi connectivity index (χ2n) is 5.27. The summed E-state index contributed by atoms with van der Waals surface area (Å²) in [7, 11) is 1.97. The predicted molar refractivity (Wildman–Crippen MR) is 54.8 cm³/mol. The normalized spacial score (nSPS) is 41.9. The van der Waals surface area contributed by atoms with Gasteiger partial charge in [-0.3, -0.25) is 0 Å². The molecule has 3 atom stereocenters. The number of hydrogen-bond acceptors (Lipinski definition) is 1. The van der Waals surface area contributed by atoms with Crippen LogP contribution < -0.4 is 0 Å². The molecule has 2 bridgehead atoms. The summed E-state index contributed by atoms with van der Waals surface area (Å²) in [5, 5.41) is 0. The Morgan fingerprint density at radius 3 is 2.36 bits per heavy atom. The van der Waals surface area contributed by atoms with Gasteiger partial charge in [-0.05, 0) is 0 Å². The van der Waals surface area contributed by atoms with E-state index in [0.717, 1.165) is 17.5 Å². The summed E-state index contributed by atoms with van der Waals surface area (Å²) in [5.41, 5.74) is 0.0968. The van der Waals surface area contributed by atoms with Crippen molar-refractivity contribution < 1.29 is 12.6 Å². The number of fused-ring (bicyclic) bond motifs is 2. The summed E-state index contributed by atoms with van der Waals surface area (Å²) in [6, 6.07) is 0.454. The minimum atomic E-state index is -2.75. The van der Waals surface area contributed by atoms with Crippen LogP contribution in [0, 0.1) is 10.8 Å². The van der Waals surface area contributed by atoms with Crippen LogP contribution in [0.25, 0.3) is 0 Å². The second-order valence-corrected chi connectivity index (χ2v) is 7.13. The average molecular weight is 263 g/mol. The molecule has 1 aliphatic carbocycles. The van der Waals surface area contributed by atoms with E-state index in [2.05, 4.69) is 25.3 Å². The molecule has 0 aromatic carbocycles. The molecule has 2 aliphatic rings. The van der Waals surface area contributed by atoms with Crippen LogP contribution in [-0.4, -0.2) is 40.6 Å². The molecule has 2 rings (SSSR count). The van der Waals surface area contributed by atoms with Gasteiger partial charge in [-0.1, -0.05) is 0 Å². The zero-order valence-corrected chi connectivity index (χ0v) is 10.9. The number of nitrogens with zero attached hydrogens (tertiary/aromatic N) is 1. The second kappa shape index (κ2) is 2.75. The summed E-state index contributed by atoms with van der Waals surface area (Å²) < 4.78 is 23.7. The maximum atomic E-state index is 11.4. The van der Waals surface area contributed by atoms with Crippen molar-refractivity contribution in [3.05, 3.63) is 0 Å². The SMILES string of the molecule is C[N+]1=C([Se](=O)O)C2(C)CCC1C2(C)C. The molecule has 1 saturated carbocycles. The van der Waals surface area contributed by atoms with Gasteiger partial charge in [0.05, 0.1) is 0 Å². The van der Waals surface area contributed by atoms with Crippen LogP contribution in [0.4, 0.5) is 0 Å². The third kappa shape index (κ3) is 0.944. The van der Waals surface area contributed by atoms with Gasteiger partial charge < -0.3 is 0 Å². The average Bonchev–Trinajstić information content (AvgIpc) is 2.30. The molecule has 1 N–H and O–H groups in total. The Morgan fingerprint density at radius 2 is 2.07 bits per heavy atom. The van der Waals surface area contributed by atoms with Crippen molar-refractivity contribution in [3.63, 3.8) is 0 Å². The Morgan fingerprint density at radius 1 is 1.50 bits per heavy atom. The fourth-order valence-electron chi connectivity index (χ4n) is 3.38. The van der Waals surface area contributed by atoms with Gasteiger partial charge in [0.1, 0.15) is 0 Å². The molecule has 0 aromatic heterocycles. The van der Waals surface area contributed by atoms with Gasteiger partial charge in [-0.25, -0.2) is 0 Å². The van der Waals surface area contributed by atoms with Crippen LogP contribution in [0.2, 0.25) is 0 Å². The quantitative estimate of drug-likeness (QED) is 0.559. The molecule has 3 nitrogen and oxygen atoms in total. The Labute approximate surface area is 89.2 Å². The first-order chi connectivity index (χ1) is 6.32. The fraction of sp³-hybridized carbons (Fsp3) is 0.900. The molecule has 0 saturated heterocycles. The van der Waals surface area contributed by atoms with Gasteiger partial charge in [0.2, 0.25) is 0 Å². The van der Waals surface area contributed by atoms with E-state index in [-0.39, 0.29) is 10.8 Å². The standard InChI is InChI=1S/C10H17NO2Se/c1-9(2)7-5-6-10(9,3)8(11(7)4)14(12)13/h7H,5-6H2,1-4H3/p+1. The predicted octanol–water partition coefficient (Wildman–Crippen LogP) is 0.728. The third-order valence-corrected chi connectivity index (χ3v) is 6.84. The van der Waals surface area contributed by atoms with Crippen LogP contribution in [0.15, 0.2) is 0 Å². The molecule has 3 unspecified atom stereocenters. The molecule has 0 radical (unpaired) electrons. The molecule has 4 heteroatoms. The summed E-state index contributed by atoms with van der Waals surface area (Å²) in [5.74, 6) is 0. The third-order valence-electron chi connectivity index (χ3n) is 4.60. The zero-order valence-electron chi connectivity index (χ0n) is 9.20. The summed E-state index contributed by atoms with van der Waals surface area (Å²) in [6.45, 7) is 6.60. The fourth-order valence-corrected chi connectivity index (χ4v) is 5.74. The summed E-state index contributed by atoms with van der Waals surface area (Å²) in [4.78, 5) is 0. The molecule has 1 aliphatic heterocycles. The van der Waals surface area contributed by atoms with Gasteiger partial charge in [0, 0.05) is 0 Å². The van der Waals surface area contributed by atoms with Crippen molar-refractivity contribution in [2.45, 2.75) is 39.7 Å². The van der Waals surface area contributed by atoms with E-state index < -0.39 is 14.2 Å². The maximum absolute atomic E-state index is 11.4. The van der Waals surface area contributed by atoms with Crippen molar-refractivity contribution in [3.8, 4) is 0 Å². The molecule has 14 heavy (non-hydrogen) atoms. The van der Waals surface area contributed by atoms with Gasteiger partial charge in [-0.2, -0.15) is 0 Å². The van der Waals surface area contributed by atoms with E-state index in [4.69, 9.17) is 0 Å². The van der Waals surface area contributed by atoms with E-state index in [1.165, 1.54) is 0 Å². The Balaban J connectivity index is 2.60. The van der Waals surface area contributed by atoms with Crippen molar-refractivity contribution in [2.75, 3.05) is 7.05 Å². The van der Waals surface area contributed by atoms with Crippen molar-refractivity contribution in [1.29, 1.82) is 0 Å². The monoisotopic (exact) mass is 264 g/mol. The van der Waals surface area contributed by atoms with E-state index in [0.29, 0.717) is 6.04 Å². The Kier molecular flexibility index (Phi) is 2.05. The van der Waals surface area contributed by atoms with Crippen molar-refractivity contribution in [2.24, 2.45) is 10.8 Å². The summed E-state index contributed by atoms with van der Waals surface area (Å²) in [6.07, 6.45) is 2.22. The van der Waals surface area contributed by atoms with Gasteiger partial charge in [-0.15, -0.1) is 0 Å². The van der Waals surface area contributed by atoms with E-state index in [1.54, 1.807) is 0 Å². The topological polar surface area (TPSA) is 40.3 Å².